The zero-order valence-corrected chi connectivity index (χ0v) is 21.4. The molecule has 0 radical (unpaired) electrons. The van der Waals surface area contributed by atoms with Gasteiger partial charge in [-0.25, -0.2) is 4.98 Å². The zero-order valence-electron chi connectivity index (χ0n) is 19.9. The number of carbonyl (C=O) groups excluding carboxylic acids is 1. The van der Waals surface area contributed by atoms with Gasteiger partial charge in [0.15, 0.2) is 0 Å². The van der Waals surface area contributed by atoms with Crippen molar-refractivity contribution in [2.75, 3.05) is 12.4 Å². The Bertz CT molecular complexity index is 1400. The van der Waals surface area contributed by atoms with Crippen molar-refractivity contribution in [3.8, 4) is 34.2 Å². The average Bonchev–Trinajstić information content (AvgIpc) is 2.93. The van der Waals surface area contributed by atoms with Crippen LogP contribution in [0.2, 0.25) is 5.02 Å². The van der Waals surface area contributed by atoms with Crippen molar-refractivity contribution in [3.05, 3.63) is 95.5 Å². The number of nitrogens with zero attached hydrogens (tertiary/aromatic N) is 2. The van der Waals surface area contributed by atoms with E-state index in [1.807, 2.05) is 79.7 Å². The molecule has 180 valence electrons. The van der Waals surface area contributed by atoms with Crippen molar-refractivity contribution < 1.29 is 9.53 Å². The Morgan fingerprint density at radius 1 is 1.06 bits per heavy atom. The molecule has 1 atom stereocenters. The van der Waals surface area contributed by atoms with E-state index in [-0.39, 0.29) is 5.91 Å². The van der Waals surface area contributed by atoms with Gasteiger partial charge >= 0.3 is 0 Å². The van der Waals surface area contributed by atoms with E-state index < -0.39 is 5.25 Å². The molecule has 5 nitrogen and oxygen atoms in total. The maximum Gasteiger partial charge on any atom is 0.237 e. The second-order valence-electron chi connectivity index (χ2n) is 7.93. The van der Waals surface area contributed by atoms with E-state index in [9.17, 15) is 10.1 Å². The topological polar surface area (TPSA) is 75.0 Å². The van der Waals surface area contributed by atoms with Crippen LogP contribution in [0.3, 0.4) is 0 Å². The highest BCUT2D eigenvalue weighted by atomic mass is 35.5. The molecule has 0 spiro atoms. The molecular weight excluding hydrogens is 490 g/mol. The summed E-state index contributed by atoms with van der Waals surface area (Å²) in [5.74, 6) is 0.531. The third-order valence-electron chi connectivity index (χ3n) is 5.62. The molecule has 4 aromatic rings. The summed E-state index contributed by atoms with van der Waals surface area (Å²) in [5, 5.41) is 13.6. The summed E-state index contributed by atoms with van der Waals surface area (Å²) in [6.45, 7) is 1.93. The van der Waals surface area contributed by atoms with Gasteiger partial charge < -0.3 is 10.1 Å². The number of pyridine rings is 1. The van der Waals surface area contributed by atoms with Crippen LogP contribution in [0.15, 0.2) is 90.0 Å². The number of benzene rings is 3. The quantitative estimate of drug-likeness (QED) is 0.247. The Morgan fingerprint density at radius 2 is 1.75 bits per heavy atom. The fraction of sp³-hybridized carbons (Fsp3) is 0.138. The number of thioether (sulfide) groups is 1. The van der Waals surface area contributed by atoms with Crippen molar-refractivity contribution in [1.29, 1.82) is 5.26 Å². The molecule has 0 saturated carbocycles. The zero-order chi connectivity index (χ0) is 25.5. The Balaban J connectivity index is 1.76. The number of halogens is 1. The summed E-state index contributed by atoms with van der Waals surface area (Å²) in [6.07, 6.45) is 0.543. The third kappa shape index (κ3) is 5.71. The van der Waals surface area contributed by atoms with E-state index >= 15 is 0 Å². The number of hydrogen-bond acceptors (Lipinski definition) is 5. The first-order chi connectivity index (χ1) is 17.5. The van der Waals surface area contributed by atoms with Crippen molar-refractivity contribution >= 4 is 35.0 Å². The average molecular weight is 514 g/mol. The number of aromatic nitrogens is 1. The van der Waals surface area contributed by atoms with Gasteiger partial charge in [-0.1, -0.05) is 84.9 Å². The van der Waals surface area contributed by atoms with Crippen LogP contribution in [-0.2, 0) is 4.79 Å². The number of nitrogens with one attached hydrogen (secondary N) is 1. The second-order valence-corrected chi connectivity index (χ2v) is 9.52. The Hall–Kier alpha value is -3.79. The first-order valence-corrected chi connectivity index (χ1v) is 12.7. The van der Waals surface area contributed by atoms with Gasteiger partial charge in [-0.3, -0.25) is 4.79 Å². The van der Waals surface area contributed by atoms with E-state index in [4.69, 9.17) is 21.3 Å². The standard InChI is InChI=1S/C29H24ClN3O2S/c1-3-27(28(34)32-25-12-8-7-11-24(25)30)36-29-23(18-31)22(19-13-15-21(35-2)16-14-19)17-26(33-29)20-9-5-4-6-10-20/h4-17,27H,3H2,1-2H3,(H,32,34). The molecule has 0 aliphatic heterocycles. The normalized spacial score (nSPS) is 11.4. The highest BCUT2D eigenvalue weighted by Crippen LogP contribution is 2.37. The highest BCUT2D eigenvalue weighted by molar-refractivity contribution is 8.00. The minimum atomic E-state index is -0.476. The summed E-state index contributed by atoms with van der Waals surface area (Å²) >= 11 is 7.52. The molecule has 0 bridgehead atoms. The fourth-order valence-electron chi connectivity index (χ4n) is 3.70. The van der Waals surface area contributed by atoms with Crippen LogP contribution in [0.5, 0.6) is 5.75 Å². The molecule has 1 N–H and O–H groups in total. The lowest BCUT2D eigenvalue weighted by Crippen LogP contribution is -2.25. The maximum absolute atomic E-state index is 13.2. The van der Waals surface area contributed by atoms with Gasteiger partial charge in [0.2, 0.25) is 5.91 Å². The summed E-state index contributed by atoms with van der Waals surface area (Å²) in [4.78, 5) is 18.0. The molecule has 1 heterocycles. The predicted octanol–water partition coefficient (Wildman–Crippen LogP) is 7.46. The molecule has 3 aromatic carbocycles. The monoisotopic (exact) mass is 513 g/mol. The van der Waals surface area contributed by atoms with Crippen LogP contribution in [0.1, 0.15) is 18.9 Å². The van der Waals surface area contributed by atoms with Gasteiger partial charge in [0.05, 0.1) is 34.3 Å². The molecule has 0 saturated heterocycles. The second kappa shape index (κ2) is 11.8. The Morgan fingerprint density at radius 3 is 2.39 bits per heavy atom. The molecule has 1 aromatic heterocycles. The molecular formula is C29H24ClN3O2S. The number of carbonyl (C=O) groups is 1. The lowest BCUT2D eigenvalue weighted by atomic mass is 9.99. The highest BCUT2D eigenvalue weighted by Gasteiger charge is 2.24. The summed E-state index contributed by atoms with van der Waals surface area (Å²) in [6, 6.07) is 28.7. The first-order valence-electron chi connectivity index (χ1n) is 11.4. The van der Waals surface area contributed by atoms with E-state index in [0.29, 0.717) is 27.7 Å². The van der Waals surface area contributed by atoms with Crippen molar-refractivity contribution in [3.63, 3.8) is 0 Å². The first kappa shape index (κ1) is 25.3. The van der Waals surface area contributed by atoms with Crippen molar-refractivity contribution in [2.24, 2.45) is 0 Å². The fourth-order valence-corrected chi connectivity index (χ4v) is 4.91. The molecule has 0 aliphatic carbocycles. The molecule has 4 rings (SSSR count). The summed E-state index contributed by atoms with van der Waals surface area (Å²) in [7, 11) is 1.61. The lowest BCUT2D eigenvalue weighted by Gasteiger charge is -2.18. The number of anilines is 1. The maximum atomic E-state index is 13.2. The Labute approximate surface area is 220 Å². The number of para-hydroxylation sites is 1. The van der Waals surface area contributed by atoms with Crippen LogP contribution in [0.25, 0.3) is 22.4 Å². The summed E-state index contributed by atoms with van der Waals surface area (Å²) < 4.78 is 5.29. The third-order valence-corrected chi connectivity index (χ3v) is 7.30. The minimum absolute atomic E-state index is 0.197. The molecule has 7 heteroatoms. The smallest absolute Gasteiger partial charge is 0.237 e. The van der Waals surface area contributed by atoms with E-state index in [2.05, 4.69) is 11.4 Å². The van der Waals surface area contributed by atoms with Crippen LogP contribution < -0.4 is 10.1 Å². The number of ether oxygens (including phenoxy) is 1. The number of hydrogen-bond donors (Lipinski definition) is 1. The largest absolute Gasteiger partial charge is 0.497 e. The minimum Gasteiger partial charge on any atom is -0.497 e. The van der Waals surface area contributed by atoms with Gasteiger partial charge in [-0.2, -0.15) is 5.26 Å². The summed E-state index contributed by atoms with van der Waals surface area (Å²) in [5.41, 5.74) is 4.24. The van der Waals surface area contributed by atoms with Gasteiger partial charge in [-0.15, -0.1) is 0 Å². The van der Waals surface area contributed by atoms with Gasteiger partial charge in [0.25, 0.3) is 0 Å². The van der Waals surface area contributed by atoms with Gasteiger partial charge in [-0.05, 0) is 42.3 Å². The predicted molar refractivity (Wildman–Crippen MR) is 146 cm³/mol. The number of methoxy groups -OCH3 is 1. The molecule has 36 heavy (non-hydrogen) atoms. The molecule has 0 aliphatic rings. The van der Waals surface area contributed by atoms with Crippen LogP contribution in [-0.4, -0.2) is 23.3 Å². The van der Waals surface area contributed by atoms with E-state index in [1.54, 1.807) is 19.2 Å². The number of amides is 1. The van der Waals surface area contributed by atoms with E-state index in [1.165, 1.54) is 11.8 Å². The number of nitriles is 1. The SMILES string of the molecule is CCC(Sc1nc(-c2ccccc2)cc(-c2ccc(OC)cc2)c1C#N)C(=O)Nc1ccccc1Cl. The molecule has 0 fully saturated rings. The van der Waals surface area contributed by atoms with Crippen LogP contribution in [0.4, 0.5) is 5.69 Å². The van der Waals surface area contributed by atoms with E-state index in [0.717, 1.165) is 28.1 Å². The van der Waals surface area contributed by atoms with Crippen molar-refractivity contribution in [1.82, 2.24) is 4.98 Å². The van der Waals surface area contributed by atoms with Crippen LogP contribution >= 0.6 is 23.4 Å². The van der Waals surface area contributed by atoms with Crippen LogP contribution in [0, 0.1) is 11.3 Å². The van der Waals surface area contributed by atoms with Gasteiger partial charge in [0, 0.05) is 11.1 Å². The lowest BCUT2D eigenvalue weighted by molar-refractivity contribution is -0.115. The molecule has 1 unspecified atom stereocenters. The number of rotatable bonds is 8. The van der Waals surface area contributed by atoms with Crippen molar-refractivity contribution in [2.45, 2.75) is 23.6 Å². The van der Waals surface area contributed by atoms with Gasteiger partial charge in [0.1, 0.15) is 16.8 Å². The Kier molecular flexibility index (Phi) is 8.27. The molecule has 1 amide bonds.